The Morgan fingerprint density at radius 2 is 1.76 bits per heavy atom. The van der Waals surface area contributed by atoms with Crippen molar-refractivity contribution in [1.29, 1.82) is 0 Å². The van der Waals surface area contributed by atoms with Gasteiger partial charge in [0.05, 0.1) is 34.0 Å². The minimum Gasteiger partial charge on any atom is -0.495 e. The van der Waals surface area contributed by atoms with Gasteiger partial charge in [0.1, 0.15) is 16.5 Å². The zero-order valence-corrected chi connectivity index (χ0v) is 13.7. The molecule has 0 aliphatic rings. The van der Waals surface area contributed by atoms with Gasteiger partial charge in [0.25, 0.3) is 0 Å². The number of nitrogens with one attached hydrogen (secondary N) is 1. The molecule has 5 nitrogen and oxygen atoms in total. The molecule has 0 saturated heterocycles. The van der Waals surface area contributed by atoms with Gasteiger partial charge in [-0.2, -0.15) is 0 Å². The summed E-state index contributed by atoms with van der Waals surface area (Å²) in [6.45, 7) is 3.63. The topological polar surface area (TPSA) is 49.0 Å². The number of rotatable bonds is 11. The molecule has 0 heterocycles. The molecule has 0 saturated carbocycles. The van der Waals surface area contributed by atoms with Crippen LogP contribution in [0.25, 0.3) is 0 Å². The smallest absolute Gasteiger partial charge is 0.144 e. The summed E-state index contributed by atoms with van der Waals surface area (Å²) in [5.41, 5.74) is 1.01. The summed E-state index contributed by atoms with van der Waals surface area (Å²) in [5.74, 6) is 1.26. The normalized spacial score (nSPS) is 10.7. The number of hydrogen-bond donors (Lipinski definition) is 1. The van der Waals surface area contributed by atoms with Crippen molar-refractivity contribution in [3.8, 4) is 11.5 Å². The van der Waals surface area contributed by atoms with Gasteiger partial charge in [-0.25, -0.2) is 0 Å². The maximum atomic E-state index is 6.21. The molecule has 0 spiro atoms. The highest BCUT2D eigenvalue weighted by molar-refractivity contribution is 6.33. The van der Waals surface area contributed by atoms with Gasteiger partial charge in [0.2, 0.25) is 0 Å². The minimum absolute atomic E-state index is 0.499. The molecule has 0 radical (unpaired) electrons. The molecule has 6 heteroatoms. The molecule has 120 valence electrons. The largest absolute Gasteiger partial charge is 0.495 e. The molecule has 0 bridgehead atoms. The predicted octanol–water partition coefficient (Wildman–Crippen LogP) is 2.15. The Hall–Kier alpha value is -1.01. The van der Waals surface area contributed by atoms with E-state index in [0.717, 1.165) is 25.1 Å². The van der Waals surface area contributed by atoms with E-state index in [9.17, 15) is 0 Å². The summed E-state index contributed by atoms with van der Waals surface area (Å²) in [6, 6.07) is 3.79. The monoisotopic (exact) mass is 317 g/mol. The van der Waals surface area contributed by atoms with Crippen molar-refractivity contribution in [2.75, 3.05) is 54.2 Å². The van der Waals surface area contributed by atoms with E-state index in [-0.39, 0.29) is 0 Å². The van der Waals surface area contributed by atoms with Gasteiger partial charge in [-0.15, -0.1) is 0 Å². The molecule has 0 unspecified atom stereocenters. The van der Waals surface area contributed by atoms with E-state index in [1.165, 1.54) is 0 Å². The third-order valence-corrected chi connectivity index (χ3v) is 3.35. The molecule has 1 rings (SSSR count). The van der Waals surface area contributed by atoms with Gasteiger partial charge < -0.3 is 24.3 Å². The SMILES string of the molecule is COCCNCCOCCc1ccc(OC)c(Cl)c1OC. The molecule has 1 aromatic rings. The van der Waals surface area contributed by atoms with Gasteiger partial charge in [-0.1, -0.05) is 17.7 Å². The molecule has 0 fully saturated rings. The maximum Gasteiger partial charge on any atom is 0.144 e. The van der Waals surface area contributed by atoms with E-state index in [2.05, 4.69) is 5.32 Å². The first kappa shape index (κ1) is 18.0. The summed E-state index contributed by atoms with van der Waals surface area (Å²) in [7, 11) is 4.87. The van der Waals surface area contributed by atoms with Gasteiger partial charge in [0.15, 0.2) is 0 Å². The fraction of sp³-hybridized carbons (Fsp3) is 0.600. The first-order valence-corrected chi connectivity index (χ1v) is 7.29. The van der Waals surface area contributed by atoms with E-state index in [1.807, 2.05) is 12.1 Å². The minimum atomic E-state index is 0.499. The van der Waals surface area contributed by atoms with Crippen molar-refractivity contribution in [2.24, 2.45) is 0 Å². The third-order valence-electron chi connectivity index (χ3n) is 2.99. The van der Waals surface area contributed by atoms with Crippen LogP contribution in [-0.2, 0) is 15.9 Å². The van der Waals surface area contributed by atoms with Crippen LogP contribution in [0.3, 0.4) is 0 Å². The number of halogens is 1. The van der Waals surface area contributed by atoms with Crippen LogP contribution in [-0.4, -0.2) is 54.2 Å². The summed E-state index contributed by atoms with van der Waals surface area (Å²) < 4.78 is 21.0. The first-order valence-electron chi connectivity index (χ1n) is 6.91. The van der Waals surface area contributed by atoms with Crippen LogP contribution in [0.15, 0.2) is 12.1 Å². The highest BCUT2D eigenvalue weighted by atomic mass is 35.5. The second-order valence-electron chi connectivity index (χ2n) is 4.38. The molecule has 0 aliphatic carbocycles. The Balaban J connectivity index is 2.33. The van der Waals surface area contributed by atoms with Crippen LogP contribution in [0.5, 0.6) is 11.5 Å². The predicted molar refractivity (Wildman–Crippen MR) is 83.8 cm³/mol. The van der Waals surface area contributed by atoms with Crippen LogP contribution >= 0.6 is 11.6 Å². The second-order valence-corrected chi connectivity index (χ2v) is 4.76. The van der Waals surface area contributed by atoms with Crippen molar-refractivity contribution in [2.45, 2.75) is 6.42 Å². The lowest BCUT2D eigenvalue weighted by Gasteiger charge is -2.13. The third kappa shape index (κ3) is 6.09. The summed E-state index contributed by atoms with van der Waals surface area (Å²) in [6.07, 6.45) is 0.741. The Kier molecular flexibility index (Phi) is 9.17. The average Bonchev–Trinajstić information content (AvgIpc) is 2.50. The van der Waals surface area contributed by atoms with Crippen LogP contribution in [0.4, 0.5) is 0 Å². The highest BCUT2D eigenvalue weighted by Crippen LogP contribution is 2.36. The molecule has 1 N–H and O–H groups in total. The van der Waals surface area contributed by atoms with Gasteiger partial charge in [-0.05, 0) is 18.1 Å². The Morgan fingerprint density at radius 1 is 1.00 bits per heavy atom. The molecule has 0 amide bonds. The zero-order valence-electron chi connectivity index (χ0n) is 12.9. The summed E-state index contributed by atoms with van der Waals surface area (Å²) in [5, 5.41) is 3.72. The lowest BCUT2D eigenvalue weighted by molar-refractivity contribution is 0.135. The number of benzene rings is 1. The molecular formula is C15H24ClNO4. The van der Waals surface area contributed by atoms with Crippen molar-refractivity contribution < 1.29 is 18.9 Å². The van der Waals surface area contributed by atoms with E-state index in [4.69, 9.17) is 30.5 Å². The Morgan fingerprint density at radius 3 is 2.43 bits per heavy atom. The molecule has 0 atom stereocenters. The number of methoxy groups -OCH3 is 3. The number of ether oxygens (including phenoxy) is 4. The second kappa shape index (κ2) is 10.7. The van der Waals surface area contributed by atoms with E-state index in [1.54, 1.807) is 21.3 Å². The van der Waals surface area contributed by atoms with E-state index < -0.39 is 0 Å². The van der Waals surface area contributed by atoms with Crippen molar-refractivity contribution in [1.82, 2.24) is 5.32 Å². The molecule has 1 aromatic carbocycles. The van der Waals surface area contributed by atoms with E-state index in [0.29, 0.717) is 36.3 Å². The molecule has 0 aromatic heterocycles. The Labute approximate surface area is 131 Å². The average molecular weight is 318 g/mol. The highest BCUT2D eigenvalue weighted by Gasteiger charge is 2.12. The van der Waals surface area contributed by atoms with Crippen molar-refractivity contribution in [3.05, 3.63) is 22.7 Å². The quantitative estimate of drug-likeness (QED) is 0.634. The fourth-order valence-corrected chi connectivity index (χ4v) is 2.22. The van der Waals surface area contributed by atoms with Crippen LogP contribution in [0.1, 0.15) is 5.56 Å². The summed E-state index contributed by atoms with van der Waals surface area (Å²) in [4.78, 5) is 0. The van der Waals surface area contributed by atoms with Gasteiger partial charge in [-0.3, -0.25) is 0 Å². The molecule has 21 heavy (non-hydrogen) atoms. The van der Waals surface area contributed by atoms with E-state index >= 15 is 0 Å². The van der Waals surface area contributed by atoms with Gasteiger partial charge in [0, 0.05) is 20.2 Å². The number of hydrogen-bond acceptors (Lipinski definition) is 5. The van der Waals surface area contributed by atoms with Crippen LogP contribution in [0.2, 0.25) is 5.02 Å². The molecule has 0 aliphatic heterocycles. The standard InChI is InChI=1S/C15H24ClNO4/c1-18-10-7-17-8-11-21-9-6-12-4-5-13(19-2)14(16)15(12)20-3/h4-5,17H,6-11H2,1-3H3. The maximum absolute atomic E-state index is 6.21. The molecular weight excluding hydrogens is 294 g/mol. The fourth-order valence-electron chi connectivity index (χ4n) is 1.88. The lowest BCUT2D eigenvalue weighted by Crippen LogP contribution is -2.23. The first-order chi connectivity index (χ1) is 10.2. The lowest BCUT2D eigenvalue weighted by atomic mass is 10.1. The van der Waals surface area contributed by atoms with Crippen molar-refractivity contribution in [3.63, 3.8) is 0 Å². The summed E-state index contributed by atoms with van der Waals surface area (Å²) >= 11 is 6.21. The zero-order chi connectivity index (χ0) is 15.5. The van der Waals surface area contributed by atoms with Crippen LogP contribution < -0.4 is 14.8 Å². The Bertz CT molecular complexity index is 415. The van der Waals surface area contributed by atoms with Crippen molar-refractivity contribution >= 4 is 11.6 Å². The van der Waals surface area contributed by atoms with Crippen LogP contribution in [0, 0.1) is 0 Å². The van der Waals surface area contributed by atoms with Gasteiger partial charge >= 0.3 is 0 Å².